The van der Waals surface area contributed by atoms with Gasteiger partial charge in [0.2, 0.25) is 0 Å². The third-order valence-corrected chi connectivity index (χ3v) is 9.10. The molecule has 0 aromatic heterocycles. The molecule has 14 unspecified atom stereocenters. The van der Waals surface area contributed by atoms with E-state index in [2.05, 4.69) is 19.1 Å². The molecular weight excluding hydrogens is 552 g/mol. The second-order valence-electron chi connectivity index (χ2n) is 12.7. The van der Waals surface area contributed by atoms with E-state index in [0.29, 0.717) is 26.2 Å². The Morgan fingerprint density at radius 2 is 1.49 bits per heavy atom. The molecule has 14 atom stereocenters. The largest absolute Gasteiger partial charge is 0.390 e. The van der Waals surface area contributed by atoms with Crippen molar-refractivity contribution in [3.05, 3.63) is 60.2 Å². The number of aliphatic hydroxyl groups is 2. The molecule has 1 aromatic rings. The van der Waals surface area contributed by atoms with E-state index < -0.39 is 49.4 Å². The highest BCUT2D eigenvalue weighted by atomic mass is 16.8. The number of ether oxygens (including phenoxy) is 7. The second-order valence-corrected chi connectivity index (χ2v) is 12.7. The Morgan fingerprint density at radius 1 is 0.767 bits per heavy atom. The molecule has 0 amide bonds. The minimum Gasteiger partial charge on any atom is -0.390 e. The number of aliphatic hydroxyl groups excluding tert-OH is 2. The zero-order valence-corrected chi connectivity index (χ0v) is 26.1. The Bertz CT molecular complexity index is 1050. The van der Waals surface area contributed by atoms with Crippen molar-refractivity contribution in [2.45, 2.75) is 116 Å². The maximum Gasteiger partial charge on any atom is 0.187 e. The molecule has 3 aliphatic heterocycles. The van der Waals surface area contributed by atoms with Gasteiger partial charge in [0.15, 0.2) is 18.9 Å². The predicted molar refractivity (Wildman–Crippen MR) is 160 cm³/mol. The van der Waals surface area contributed by atoms with E-state index >= 15 is 0 Å². The van der Waals surface area contributed by atoms with Crippen LogP contribution in [0, 0.1) is 23.7 Å². The fourth-order valence-corrected chi connectivity index (χ4v) is 6.53. The highest BCUT2D eigenvalue weighted by Crippen LogP contribution is 2.39. The zero-order chi connectivity index (χ0) is 30.5. The van der Waals surface area contributed by atoms with Crippen LogP contribution in [0.3, 0.4) is 0 Å². The third-order valence-electron chi connectivity index (χ3n) is 9.10. The van der Waals surface area contributed by atoms with Crippen LogP contribution in [0.15, 0.2) is 54.6 Å². The number of benzene rings is 1. The van der Waals surface area contributed by atoms with Crippen molar-refractivity contribution in [1.29, 1.82) is 0 Å². The van der Waals surface area contributed by atoms with E-state index in [1.807, 2.05) is 70.2 Å². The Kier molecular flexibility index (Phi) is 11.5. The van der Waals surface area contributed by atoms with E-state index in [-0.39, 0.29) is 35.9 Å². The van der Waals surface area contributed by atoms with Gasteiger partial charge in [-0.05, 0) is 30.2 Å². The molecule has 9 nitrogen and oxygen atoms in total. The predicted octanol–water partition coefficient (Wildman–Crippen LogP) is 4.36. The summed E-state index contributed by atoms with van der Waals surface area (Å²) in [5.41, 5.74) is 1.11. The topological polar surface area (TPSA) is 105 Å². The van der Waals surface area contributed by atoms with Gasteiger partial charge in [-0.25, -0.2) is 0 Å². The van der Waals surface area contributed by atoms with Crippen molar-refractivity contribution in [2.75, 3.05) is 13.2 Å². The lowest BCUT2D eigenvalue weighted by Gasteiger charge is -2.45. The molecule has 2 N–H and O–H groups in total. The van der Waals surface area contributed by atoms with Gasteiger partial charge in [0, 0.05) is 11.8 Å². The SMILES string of the molecule is CCC1OC(OC2C(O)C(C)CC(C)C2OC2OC(COCc3ccccc3)C=CC2C)C(O)C1OC1OCC=CC1C. The summed E-state index contributed by atoms with van der Waals surface area (Å²) in [5.74, 6) is 0.113. The molecule has 1 aromatic carbocycles. The van der Waals surface area contributed by atoms with Crippen molar-refractivity contribution in [3.8, 4) is 0 Å². The Balaban J connectivity index is 1.23. The monoisotopic (exact) mass is 602 g/mol. The van der Waals surface area contributed by atoms with Crippen molar-refractivity contribution >= 4 is 0 Å². The Morgan fingerprint density at radius 3 is 2.23 bits per heavy atom. The first kappa shape index (κ1) is 32.7. The molecule has 4 aliphatic rings. The minimum atomic E-state index is -1.05. The standard InChI is InChI=1S/C34H50O9/c1-6-26-30(42-32-20(2)11-10-16-38-32)28(36)34(40-26)43-31-27(35)22(4)17-23(5)29(31)41-33-21(3)14-15-25(39-33)19-37-18-24-12-8-7-9-13-24/h7-15,20-23,25-36H,6,16-19H2,1-5H3. The quantitative estimate of drug-likeness (QED) is 0.358. The number of hydrogen-bond donors (Lipinski definition) is 2. The summed E-state index contributed by atoms with van der Waals surface area (Å²) in [6.45, 7) is 11.5. The van der Waals surface area contributed by atoms with E-state index in [1.165, 1.54) is 0 Å². The van der Waals surface area contributed by atoms with Gasteiger partial charge < -0.3 is 43.4 Å². The van der Waals surface area contributed by atoms with Gasteiger partial charge in [0.05, 0.1) is 38.1 Å². The fraction of sp³-hybridized carbons (Fsp3) is 0.706. The Labute approximate surface area is 256 Å². The van der Waals surface area contributed by atoms with Gasteiger partial charge in [-0.1, -0.05) is 89.3 Å². The van der Waals surface area contributed by atoms with E-state index in [0.717, 1.165) is 12.0 Å². The number of hydrogen-bond acceptors (Lipinski definition) is 9. The van der Waals surface area contributed by atoms with Gasteiger partial charge in [-0.3, -0.25) is 0 Å². The van der Waals surface area contributed by atoms with Gasteiger partial charge in [0.1, 0.15) is 24.4 Å². The maximum atomic E-state index is 11.4. The molecule has 0 bridgehead atoms. The smallest absolute Gasteiger partial charge is 0.187 e. The maximum absolute atomic E-state index is 11.4. The third kappa shape index (κ3) is 7.95. The highest BCUT2D eigenvalue weighted by Gasteiger charge is 2.51. The van der Waals surface area contributed by atoms with Crippen LogP contribution in [-0.4, -0.2) is 85.0 Å². The van der Waals surface area contributed by atoms with Crippen molar-refractivity contribution in [3.63, 3.8) is 0 Å². The Hall–Kier alpha value is -1.66. The van der Waals surface area contributed by atoms with Crippen LogP contribution in [0.2, 0.25) is 0 Å². The minimum absolute atomic E-state index is 0.00294. The molecule has 5 rings (SSSR count). The molecule has 240 valence electrons. The van der Waals surface area contributed by atoms with Crippen LogP contribution in [0.25, 0.3) is 0 Å². The first-order valence-corrected chi connectivity index (χ1v) is 16.0. The summed E-state index contributed by atoms with van der Waals surface area (Å²) in [4.78, 5) is 0. The molecule has 43 heavy (non-hydrogen) atoms. The van der Waals surface area contributed by atoms with Crippen molar-refractivity contribution in [1.82, 2.24) is 0 Å². The van der Waals surface area contributed by atoms with E-state index in [1.54, 1.807) is 0 Å². The van der Waals surface area contributed by atoms with Crippen LogP contribution in [-0.2, 0) is 39.8 Å². The summed E-state index contributed by atoms with van der Waals surface area (Å²) in [6.07, 6.45) is 3.25. The highest BCUT2D eigenvalue weighted by molar-refractivity contribution is 5.13. The van der Waals surface area contributed by atoms with Crippen LogP contribution < -0.4 is 0 Å². The van der Waals surface area contributed by atoms with Crippen LogP contribution in [0.1, 0.15) is 53.0 Å². The molecule has 0 radical (unpaired) electrons. The molecule has 1 saturated carbocycles. The first-order chi connectivity index (χ1) is 20.7. The van der Waals surface area contributed by atoms with Gasteiger partial charge in [0.25, 0.3) is 0 Å². The fourth-order valence-electron chi connectivity index (χ4n) is 6.53. The van der Waals surface area contributed by atoms with Gasteiger partial charge >= 0.3 is 0 Å². The van der Waals surface area contributed by atoms with Crippen LogP contribution in [0.4, 0.5) is 0 Å². The lowest BCUT2D eigenvalue weighted by atomic mass is 9.77. The average Bonchev–Trinajstić information content (AvgIpc) is 3.30. The molecule has 3 heterocycles. The summed E-state index contributed by atoms with van der Waals surface area (Å²) in [7, 11) is 0. The summed E-state index contributed by atoms with van der Waals surface area (Å²) < 4.78 is 43.6. The van der Waals surface area contributed by atoms with Crippen LogP contribution >= 0.6 is 0 Å². The molecular formula is C34H50O9. The van der Waals surface area contributed by atoms with Gasteiger partial charge in [-0.15, -0.1) is 0 Å². The molecule has 1 saturated heterocycles. The first-order valence-electron chi connectivity index (χ1n) is 16.0. The summed E-state index contributed by atoms with van der Waals surface area (Å²) >= 11 is 0. The van der Waals surface area contributed by atoms with E-state index in [9.17, 15) is 10.2 Å². The summed E-state index contributed by atoms with van der Waals surface area (Å²) in [5, 5.41) is 22.7. The van der Waals surface area contributed by atoms with Crippen LogP contribution in [0.5, 0.6) is 0 Å². The van der Waals surface area contributed by atoms with E-state index in [4.69, 9.17) is 33.2 Å². The van der Waals surface area contributed by atoms with Gasteiger partial charge in [-0.2, -0.15) is 0 Å². The lowest BCUT2D eigenvalue weighted by Crippen LogP contribution is -2.56. The molecule has 9 heteroatoms. The molecule has 0 spiro atoms. The normalized spacial score (nSPS) is 43.2. The average molecular weight is 603 g/mol. The van der Waals surface area contributed by atoms with Crippen molar-refractivity contribution < 1.29 is 43.4 Å². The zero-order valence-electron chi connectivity index (χ0n) is 26.1. The summed E-state index contributed by atoms with van der Waals surface area (Å²) in [6, 6.07) is 10.0. The lowest BCUT2D eigenvalue weighted by molar-refractivity contribution is -0.294. The number of rotatable bonds is 11. The molecule has 2 fully saturated rings. The van der Waals surface area contributed by atoms with Crippen molar-refractivity contribution in [2.24, 2.45) is 23.7 Å². The molecule has 1 aliphatic carbocycles. The second kappa shape index (κ2) is 15.1.